The van der Waals surface area contributed by atoms with Gasteiger partial charge in [0.2, 0.25) is 0 Å². The van der Waals surface area contributed by atoms with Crippen molar-refractivity contribution < 1.29 is 14.2 Å². The number of ether oxygens (including phenoxy) is 3. The number of methoxy groups -OCH3 is 3. The van der Waals surface area contributed by atoms with Gasteiger partial charge in [-0.25, -0.2) is 9.97 Å². The van der Waals surface area contributed by atoms with Crippen molar-refractivity contribution >= 4 is 11.5 Å². The Morgan fingerprint density at radius 1 is 0.923 bits per heavy atom. The molecule has 0 amide bonds. The van der Waals surface area contributed by atoms with Crippen LogP contribution in [0.15, 0.2) is 48.8 Å². The second-order valence-corrected chi connectivity index (χ2v) is 5.43. The van der Waals surface area contributed by atoms with E-state index in [0.717, 1.165) is 16.9 Å². The van der Waals surface area contributed by atoms with E-state index in [1.165, 1.54) is 0 Å². The first-order chi connectivity index (χ1) is 12.7. The molecule has 3 aromatic rings. The number of pyridine rings is 1. The molecule has 0 aliphatic carbocycles. The van der Waals surface area contributed by atoms with Crippen molar-refractivity contribution in [3.63, 3.8) is 0 Å². The summed E-state index contributed by atoms with van der Waals surface area (Å²) in [5, 5.41) is 3.28. The van der Waals surface area contributed by atoms with E-state index in [9.17, 15) is 0 Å². The standard InChI is InChI=1S/C19H20N4O3/c1-24-12-14-10-18(23-19(21-14)13-6-8-20-9-7-13)22-16-11-15(25-2)4-5-17(16)26-3/h4-11H,12H2,1-3H3,(H,21,22,23). The van der Waals surface area contributed by atoms with E-state index in [-0.39, 0.29) is 0 Å². The summed E-state index contributed by atoms with van der Waals surface area (Å²) < 4.78 is 15.9. The first-order valence-electron chi connectivity index (χ1n) is 8.00. The molecule has 0 aliphatic heterocycles. The maximum atomic E-state index is 5.42. The van der Waals surface area contributed by atoms with Crippen molar-refractivity contribution in [3.8, 4) is 22.9 Å². The molecular weight excluding hydrogens is 332 g/mol. The van der Waals surface area contributed by atoms with Gasteiger partial charge in [0, 0.05) is 37.2 Å². The number of benzene rings is 1. The van der Waals surface area contributed by atoms with E-state index in [0.29, 0.717) is 29.7 Å². The number of nitrogens with one attached hydrogen (secondary N) is 1. The van der Waals surface area contributed by atoms with Gasteiger partial charge in [0.25, 0.3) is 0 Å². The molecule has 1 N–H and O–H groups in total. The molecule has 2 aromatic heterocycles. The van der Waals surface area contributed by atoms with E-state index >= 15 is 0 Å². The van der Waals surface area contributed by atoms with E-state index in [2.05, 4.69) is 20.3 Å². The number of hydrogen-bond acceptors (Lipinski definition) is 7. The molecule has 0 unspecified atom stereocenters. The molecule has 7 nitrogen and oxygen atoms in total. The topological polar surface area (TPSA) is 78.4 Å². The highest BCUT2D eigenvalue weighted by Crippen LogP contribution is 2.31. The Balaban J connectivity index is 2.01. The van der Waals surface area contributed by atoms with Crippen LogP contribution in [0.1, 0.15) is 5.69 Å². The largest absolute Gasteiger partial charge is 0.497 e. The van der Waals surface area contributed by atoms with Crippen LogP contribution < -0.4 is 14.8 Å². The van der Waals surface area contributed by atoms with Gasteiger partial charge in [-0.2, -0.15) is 0 Å². The van der Waals surface area contributed by atoms with Crippen molar-refractivity contribution in [1.29, 1.82) is 0 Å². The van der Waals surface area contributed by atoms with Crippen molar-refractivity contribution in [1.82, 2.24) is 15.0 Å². The van der Waals surface area contributed by atoms with Crippen molar-refractivity contribution in [2.75, 3.05) is 26.6 Å². The highest BCUT2D eigenvalue weighted by atomic mass is 16.5. The van der Waals surface area contributed by atoms with Gasteiger partial charge in [0.05, 0.1) is 32.2 Å². The maximum Gasteiger partial charge on any atom is 0.161 e. The molecule has 0 spiro atoms. The van der Waals surface area contributed by atoms with Crippen LogP contribution in [0.2, 0.25) is 0 Å². The predicted octanol–water partition coefficient (Wildman–Crippen LogP) is 3.45. The van der Waals surface area contributed by atoms with Crippen LogP contribution >= 0.6 is 0 Å². The summed E-state index contributed by atoms with van der Waals surface area (Å²) >= 11 is 0. The summed E-state index contributed by atoms with van der Waals surface area (Å²) in [4.78, 5) is 13.2. The number of hydrogen-bond donors (Lipinski definition) is 1. The third-order valence-corrected chi connectivity index (χ3v) is 3.68. The second-order valence-electron chi connectivity index (χ2n) is 5.43. The SMILES string of the molecule is COCc1cc(Nc2cc(OC)ccc2OC)nc(-c2ccncc2)n1. The second kappa shape index (κ2) is 8.26. The first-order valence-corrected chi connectivity index (χ1v) is 8.00. The summed E-state index contributed by atoms with van der Waals surface area (Å²) in [5.74, 6) is 2.62. The number of aromatic nitrogens is 3. The molecule has 2 heterocycles. The number of anilines is 2. The third kappa shape index (κ3) is 4.07. The number of rotatable bonds is 7. The van der Waals surface area contributed by atoms with Crippen LogP contribution in [0.25, 0.3) is 11.4 Å². The lowest BCUT2D eigenvalue weighted by atomic mass is 10.2. The van der Waals surface area contributed by atoms with Gasteiger partial charge in [0.1, 0.15) is 17.3 Å². The van der Waals surface area contributed by atoms with Gasteiger partial charge < -0.3 is 19.5 Å². The van der Waals surface area contributed by atoms with Crippen molar-refractivity contribution in [2.24, 2.45) is 0 Å². The molecular formula is C19H20N4O3. The molecule has 0 aliphatic rings. The average molecular weight is 352 g/mol. The Hall–Kier alpha value is -3.19. The number of nitrogens with zero attached hydrogens (tertiary/aromatic N) is 3. The molecule has 0 fully saturated rings. The molecule has 0 atom stereocenters. The molecule has 0 saturated heterocycles. The van der Waals surface area contributed by atoms with Crippen LogP contribution in [0.4, 0.5) is 11.5 Å². The molecule has 0 saturated carbocycles. The van der Waals surface area contributed by atoms with Gasteiger partial charge in [-0.05, 0) is 24.3 Å². The van der Waals surface area contributed by atoms with E-state index in [1.54, 1.807) is 33.7 Å². The van der Waals surface area contributed by atoms with E-state index < -0.39 is 0 Å². The highest BCUT2D eigenvalue weighted by Gasteiger charge is 2.10. The minimum Gasteiger partial charge on any atom is -0.497 e. The van der Waals surface area contributed by atoms with Gasteiger partial charge in [-0.1, -0.05) is 0 Å². The van der Waals surface area contributed by atoms with Gasteiger partial charge in [-0.15, -0.1) is 0 Å². The molecule has 1 aromatic carbocycles. The summed E-state index contributed by atoms with van der Waals surface area (Å²) in [6.45, 7) is 0.379. The Morgan fingerprint density at radius 3 is 2.42 bits per heavy atom. The van der Waals surface area contributed by atoms with Crippen molar-refractivity contribution in [2.45, 2.75) is 6.61 Å². The average Bonchev–Trinajstić information content (AvgIpc) is 2.68. The van der Waals surface area contributed by atoms with Crippen LogP contribution in [0.3, 0.4) is 0 Å². The van der Waals surface area contributed by atoms with Crippen LogP contribution in [-0.2, 0) is 11.3 Å². The Kier molecular flexibility index (Phi) is 5.60. The maximum absolute atomic E-state index is 5.42. The Bertz CT molecular complexity index is 872. The minimum absolute atomic E-state index is 0.379. The summed E-state index contributed by atoms with van der Waals surface area (Å²) in [6, 6.07) is 11.1. The fraction of sp³-hybridized carbons (Fsp3) is 0.211. The first kappa shape index (κ1) is 17.6. The monoisotopic (exact) mass is 352 g/mol. The fourth-order valence-electron chi connectivity index (χ4n) is 2.46. The lowest BCUT2D eigenvalue weighted by Crippen LogP contribution is -2.03. The Morgan fingerprint density at radius 2 is 1.73 bits per heavy atom. The third-order valence-electron chi connectivity index (χ3n) is 3.68. The van der Waals surface area contributed by atoms with Crippen molar-refractivity contribution in [3.05, 3.63) is 54.5 Å². The minimum atomic E-state index is 0.379. The Labute approximate surface area is 152 Å². The molecule has 134 valence electrons. The van der Waals surface area contributed by atoms with Crippen LogP contribution in [0.5, 0.6) is 11.5 Å². The fourth-order valence-corrected chi connectivity index (χ4v) is 2.46. The van der Waals surface area contributed by atoms with Crippen LogP contribution in [-0.4, -0.2) is 36.3 Å². The zero-order valence-corrected chi connectivity index (χ0v) is 14.9. The summed E-state index contributed by atoms with van der Waals surface area (Å²) in [5.41, 5.74) is 2.38. The molecule has 3 rings (SSSR count). The smallest absolute Gasteiger partial charge is 0.161 e. The molecule has 26 heavy (non-hydrogen) atoms. The van der Waals surface area contributed by atoms with Crippen LogP contribution in [0, 0.1) is 0 Å². The lowest BCUT2D eigenvalue weighted by molar-refractivity contribution is 0.181. The summed E-state index contributed by atoms with van der Waals surface area (Å²) in [6.07, 6.45) is 3.42. The molecule has 0 bridgehead atoms. The van der Waals surface area contributed by atoms with Gasteiger partial charge in [-0.3, -0.25) is 4.98 Å². The zero-order chi connectivity index (χ0) is 18.4. The normalized spacial score (nSPS) is 10.4. The van der Waals surface area contributed by atoms with Gasteiger partial charge in [0.15, 0.2) is 5.82 Å². The predicted molar refractivity (Wildman–Crippen MR) is 98.8 cm³/mol. The highest BCUT2D eigenvalue weighted by molar-refractivity contribution is 5.68. The molecule has 0 radical (unpaired) electrons. The summed E-state index contributed by atoms with van der Waals surface area (Å²) in [7, 11) is 4.87. The molecule has 7 heteroatoms. The van der Waals surface area contributed by atoms with Gasteiger partial charge >= 0.3 is 0 Å². The van der Waals surface area contributed by atoms with E-state index in [1.807, 2.05) is 36.4 Å². The lowest BCUT2D eigenvalue weighted by Gasteiger charge is -2.14. The zero-order valence-electron chi connectivity index (χ0n) is 14.9. The quantitative estimate of drug-likeness (QED) is 0.698. The van der Waals surface area contributed by atoms with E-state index in [4.69, 9.17) is 14.2 Å².